The molecule has 0 aliphatic carbocycles. The second kappa shape index (κ2) is 7.10. The Labute approximate surface area is 120 Å². The summed E-state index contributed by atoms with van der Waals surface area (Å²) in [5.41, 5.74) is 1.87. The standard InChI is InChI=1S/C14H16F3NO3/c1-9-4-2-3-5-10(9)6-7-12(19)18-11(13(20)21)8-14(15,16)17/h2-5,11H,6-8H2,1H3,(H,18,19)(H,20,21). The number of hydrogen-bond donors (Lipinski definition) is 2. The van der Waals surface area contributed by atoms with Gasteiger partial charge in [0.05, 0.1) is 6.42 Å². The normalized spacial score (nSPS) is 12.8. The van der Waals surface area contributed by atoms with Crippen molar-refractivity contribution in [1.82, 2.24) is 5.32 Å². The van der Waals surface area contributed by atoms with E-state index in [-0.39, 0.29) is 6.42 Å². The Morgan fingerprint density at radius 1 is 1.29 bits per heavy atom. The number of amides is 1. The Morgan fingerprint density at radius 3 is 2.43 bits per heavy atom. The van der Waals surface area contributed by atoms with Gasteiger partial charge in [-0.05, 0) is 24.5 Å². The van der Waals surface area contributed by atoms with E-state index in [0.29, 0.717) is 6.42 Å². The van der Waals surface area contributed by atoms with E-state index in [1.54, 1.807) is 6.07 Å². The van der Waals surface area contributed by atoms with Gasteiger partial charge < -0.3 is 10.4 Å². The third-order valence-corrected chi connectivity index (χ3v) is 2.95. The van der Waals surface area contributed by atoms with Crippen molar-refractivity contribution >= 4 is 11.9 Å². The van der Waals surface area contributed by atoms with Crippen molar-refractivity contribution in [1.29, 1.82) is 0 Å². The molecule has 0 saturated carbocycles. The minimum atomic E-state index is -4.65. The van der Waals surface area contributed by atoms with Crippen molar-refractivity contribution in [3.63, 3.8) is 0 Å². The monoisotopic (exact) mass is 303 g/mol. The molecule has 0 fully saturated rings. The average Bonchev–Trinajstić information content (AvgIpc) is 2.35. The molecule has 0 bridgehead atoms. The fourth-order valence-electron chi connectivity index (χ4n) is 1.84. The predicted molar refractivity (Wildman–Crippen MR) is 69.7 cm³/mol. The largest absolute Gasteiger partial charge is 0.480 e. The second-order valence-electron chi connectivity index (χ2n) is 4.70. The number of carbonyl (C=O) groups is 2. The first-order chi connectivity index (χ1) is 9.69. The lowest BCUT2D eigenvalue weighted by atomic mass is 10.0. The summed E-state index contributed by atoms with van der Waals surface area (Å²) in [7, 11) is 0. The summed E-state index contributed by atoms with van der Waals surface area (Å²) in [6.07, 6.45) is -5.95. The summed E-state index contributed by atoms with van der Waals surface area (Å²) in [6.45, 7) is 1.86. The van der Waals surface area contributed by atoms with Crippen molar-refractivity contribution < 1.29 is 27.9 Å². The highest BCUT2D eigenvalue weighted by Gasteiger charge is 2.36. The average molecular weight is 303 g/mol. The van der Waals surface area contributed by atoms with Crippen LogP contribution in [0.4, 0.5) is 13.2 Å². The van der Waals surface area contributed by atoms with Crippen molar-refractivity contribution in [2.75, 3.05) is 0 Å². The molecule has 0 aromatic heterocycles. The first kappa shape index (κ1) is 17.0. The van der Waals surface area contributed by atoms with Gasteiger partial charge in [0, 0.05) is 6.42 Å². The third kappa shape index (κ3) is 6.29. The molecule has 0 saturated heterocycles. The van der Waals surface area contributed by atoms with Crippen LogP contribution in [-0.2, 0) is 16.0 Å². The Balaban J connectivity index is 2.55. The van der Waals surface area contributed by atoms with Crippen LogP contribution in [0.15, 0.2) is 24.3 Å². The number of nitrogens with one attached hydrogen (secondary N) is 1. The Morgan fingerprint density at radius 2 is 1.90 bits per heavy atom. The minimum Gasteiger partial charge on any atom is -0.480 e. The number of aliphatic carboxylic acids is 1. The molecule has 0 spiro atoms. The second-order valence-corrected chi connectivity index (χ2v) is 4.70. The van der Waals surface area contributed by atoms with Crippen LogP contribution in [0, 0.1) is 6.92 Å². The van der Waals surface area contributed by atoms with Gasteiger partial charge >= 0.3 is 12.1 Å². The maximum Gasteiger partial charge on any atom is 0.391 e. The molecule has 1 rings (SSSR count). The lowest BCUT2D eigenvalue weighted by Crippen LogP contribution is -2.43. The highest BCUT2D eigenvalue weighted by molar-refractivity contribution is 5.83. The molecule has 7 heteroatoms. The number of aryl methyl sites for hydroxylation is 2. The Hall–Kier alpha value is -2.05. The lowest BCUT2D eigenvalue weighted by molar-refractivity contribution is -0.160. The minimum absolute atomic E-state index is 0.0630. The van der Waals surface area contributed by atoms with E-state index < -0.39 is 30.5 Å². The molecule has 1 atom stereocenters. The lowest BCUT2D eigenvalue weighted by Gasteiger charge is -2.16. The number of carboxylic acids is 1. The number of halogens is 3. The highest BCUT2D eigenvalue weighted by atomic mass is 19.4. The topological polar surface area (TPSA) is 66.4 Å². The van der Waals surface area contributed by atoms with Gasteiger partial charge in [0.15, 0.2) is 0 Å². The maximum absolute atomic E-state index is 12.2. The maximum atomic E-state index is 12.2. The fraction of sp³-hybridized carbons (Fsp3) is 0.429. The first-order valence-electron chi connectivity index (χ1n) is 6.32. The number of hydrogen-bond acceptors (Lipinski definition) is 2. The van der Waals surface area contributed by atoms with Crippen LogP contribution in [0.3, 0.4) is 0 Å². The molecule has 116 valence electrons. The number of carboxylic acid groups (broad SMARTS) is 1. The quantitative estimate of drug-likeness (QED) is 0.848. The number of carbonyl (C=O) groups excluding carboxylic acids is 1. The molecule has 0 aliphatic heterocycles. The molecule has 4 nitrogen and oxygen atoms in total. The van der Waals surface area contributed by atoms with E-state index in [1.807, 2.05) is 30.4 Å². The van der Waals surface area contributed by atoms with Crippen LogP contribution in [-0.4, -0.2) is 29.2 Å². The molecule has 0 radical (unpaired) electrons. The summed E-state index contributed by atoms with van der Waals surface area (Å²) in [5.74, 6) is -2.41. The van der Waals surface area contributed by atoms with Gasteiger partial charge in [0.1, 0.15) is 6.04 Å². The van der Waals surface area contributed by atoms with Gasteiger partial charge in [-0.3, -0.25) is 4.79 Å². The SMILES string of the molecule is Cc1ccccc1CCC(=O)NC(CC(F)(F)F)C(=O)O. The molecule has 0 aliphatic rings. The van der Waals surface area contributed by atoms with E-state index in [0.717, 1.165) is 11.1 Å². The Kier molecular flexibility index (Phi) is 5.75. The zero-order valence-corrected chi connectivity index (χ0v) is 11.4. The molecule has 1 unspecified atom stereocenters. The summed E-state index contributed by atoms with van der Waals surface area (Å²) in [6, 6.07) is 5.35. The summed E-state index contributed by atoms with van der Waals surface area (Å²) in [4.78, 5) is 22.3. The highest BCUT2D eigenvalue weighted by Crippen LogP contribution is 2.21. The van der Waals surface area contributed by atoms with Gasteiger partial charge in [-0.15, -0.1) is 0 Å². The van der Waals surface area contributed by atoms with Crippen molar-refractivity contribution in [3.05, 3.63) is 35.4 Å². The number of alkyl halides is 3. The fourth-order valence-corrected chi connectivity index (χ4v) is 1.84. The van der Waals surface area contributed by atoms with Crippen LogP contribution < -0.4 is 5.32 Å². The molecule has 1 amide bonds. The van der Waals surface area contributed by atoms with Crippen LogP contribution in [0.1, 0.15) is 24.0 Å². The van der Waals surface area contributed by atoms with E-state index in [1.165, 1.54) is 0 Å². The number of benzene rings is 1. The molecular weight excluding hydrogens is 287 g/mol. The van der Waals surface area contributed by atoms with Crippen LogP contribution in [0.5, 0.6) is 0 Å². The zero-order valence-electron chi connectivity index (χ0n) is 11.4. The van der Waals surface area contributed by atoms with Gasteiger partial charge in [0.25, 0.3) is 0 Å². The van der Waals surface area contributed by atoms with Crippen LogP contribution in [0.2, 0.25) is 0 Å². The first-order valence-corrected chi connectivity index (χ1v) is 6.32. The van der Waals surface area contributed by atoms with Gasteiger partial charge in [-0.25, -0.2) is 4.79 Å². The zero-order chi connectivity index (χ0) is 16.0. The summed E-state index contributed by atoms with van der Waals surface area (Å²) in [5, 5.41) is 10.6. The van der Waals surface area contributed by atoms with E-state index in [2.05, 4.69) is 0 Å². The smallest absolute Gasteiger partial charge is 0.391 e. The van der Waals surface area contributed by atoms with E-state index in [4.69, 9.17) is 5.11 Å². The van der Waals surface area contributed by atoms with Crippen molar-refractivity contribution in [2.45, 2.75) is 38.4 Å². The molecule has 2 N–H and O–H groups in total. The predicted octanol–water partition coefficient (Wildman–Crippen LogP) is 2.45. The summed E-state index contributed by atoms with van der Waals surface area (Å²) < 4.78 is 36.6. The molecule has 0 heterocycles. The van der Waals surface area contributed by atoms with Crippen LogP contribution >= 0.6 is 0 Å². The molecule has 1 aromatic carbocycles. The van der Waals surface area contributed by atoms with Gasteiger partial charge in [-0.2, -0.15) is 13.2 Å². The van der Waals surface area contributed by atoms with E-state index >= 15 is 0 Å². The van der Waals surface area contributed by atoms with Gasteiger partial charge in [0.2, 0.25) is 5.91 Å². The Bertz CT molecular complexity index is 514. The summed E-state index contributed by atoms with van der Waals surface area (Å²) >= 11 is 0. The molecular formula is C14H16F3NO3. The molecule has 21 heavy (non-hydrogen) atoms. The van der Waals surface area contributed by atoms with E-state index in [9.17, 15) is 22.8 Å². The van der Waals surface area contributed by atoms with Gasteiger partial charge in [-0.1, -0.05) is 24.3 Å². The molecule has 1 aromatic rings. The van der Waals surface area contributed by atoms with Crippen molar-refractivity contribution in [2.24, 2.45) is 0 Å². The third-order valence-electron chi connectivity index (χ3n) is 2.95. The number of rotatable bonds is 6. The van der Waals surface area contributed by atoms with Crippen molar-refractivity contribution in [3.8, 4) is 0 Å². The van der Waals surface area contributed by atoms with Crippen LogP contribution in [0.25, 0.3) is 0 Å².